The average Bonchev–Trinajstić information content (AvgIpc) is 2.45. The molecule has 0 bridgehead atoms. The topological polar surface area (TPSA) is 79.9 Å². The number of carbonyl (C=O) groups is 1. The highest BCUT2D eigenvalue weighted by molar-refractivity contribution is 5.78. The zero-order valence-electron chi connectivity index (χ0n) is 11.3. The Kier molecular flexibility index (Phi) is 4.91. The first-order chi connectivity index (χ1) is 9.03. The van der Waals surface area contributed by atoms with Crippen LogP contribution in [-0.2, 0) is 4.79 Å². The molecule has 0 heterocycles. The van der Waals surface area contributed by atoms with Crippen molar-refractivity contribution in [3.63, 3.8) is 0 Å². The Morgan fingerprint density at radius 2 is 2.00 bits per heavy atom. The van der Waals surface area contributed by atoms with Crippen molar-refractivity contribution in [2.75, 3.05) is 25.5 Å². The smallest absolute Gasteiger partial charge is 0.224 e. The molecule has 0 saturated carbocycles. The van der Waals surface area contributed by atoms with E-state index < -0.39 is 0 Å². The molecule has 1 rings (SSSR count). The zero-order valence-corrected chi connectivity index (χ0v) is 11.3. The second-order valence-corrected chi connectivity index (χ2v) is 4.35. The molecule has 0 aliphatic carbocycles. The van der Waals surface area contributed by atoms with E-state index in [1.54, 1.807) is 25.2 Å². The molecule has 0 fully saturated rings. The molecule has 0 spiro atoms. The van der Waals surface area contributed by atoms with E-state index in [0.29, 0.717) is 17.7 Å². The van der Waals surface area contributed by atoms with Gasteiger partial charge in [0.2, 0.25) is 5.91 Å². The van der Waals surface area contributed by atoms with Gasteiger partial charge < -0.3 is 10.2 Å². The van der Waals surface area contributed by atoms with E-state index in [4.69, 9.17) is 10.5 Å². The molecule has 0 aliphatic heterocycles. The molecule has 1 amide bonds. The van der Waals surface area contributed by atoms with Crippen molar-refractivity contribution in [2.45, 2.75) is 6.92 Å². The Balaban J connectivity index is 2.90. The third kappa shape index (κ3) is 3.46. The number of hydrogen-bond donors (Lipinski definition) is 1. The van der Waals surface area contributed by atoms with Gasteiger partial charge in [-0.05, 0) is 18.2 Å². The van der Waals surface area contributed by atoms with Crippen LogP contribution in [0.3, 0.4) is 0 Å². The van der Waals surface area contributed by atoms with E-state index in [1.807, 2.05) is 31.0 Å². The normalized spacial score (nSPS) is 11.0. The van der Waals surface area contributed by atoms with E-state index >= 15 is 0 Å². The van der Waals surface area contributed by atoms with Crippen LogP contribution in [0.5, 0.6) is 0 Å². The Morgan fingerprint density at radius 3 is 2.53 bits per heavy atom. The van der Waals surface area contributed by atoms with Crippen molar-refractivity contribution in [3.05, 3.63) is 29.3 Å². The van der Waals surface area contributed by atoms with Gasteiger partial charge in [-0.1, -0.05) is 6.92 Å². The molecule has 0 aliphatic rings. The van der Waals surface area contributed by atoms with Gasteiger partial charge in [0.25, 0.3) is 0 Å². The van der Waals surface area contributed by atoms with Crippen LogP contribution >= 0.6 is 0 Å². The van der Waals surface area contributed by atoms with Gasteiger partial charge >= 0.3 is 0 Å². The van der Waals surface area contributed by atoms with Crippen LogP contribution in [0.4, 0.5) is 5.69 Å². The summed E-state index contributed by atoms with van der Waals surface area (Å²) in [7, 11) is 3.45. The maximum Gasteiger partial charge on any atom is 0.224 e. The molecular formula is C14H16N4O. The third-order valence-corrected chi connectivity index (χ3v) is 2.93. The van der Waals surface area contributed by atoms with Gasteiger partial charge in [-0.25, -0.2) is 0 Å². The van der Waals surface area contributed by atoms with Crippen molar-refractivity contribution < 1.29 is 4.79 Å². The minimum absolute atomic E-state index is 0.0269. The van der Waals surface area contributed by atoms with E-state index in [9.17, 15) is 4.79 Å². The number of amides is 1. The number of nitrogens with one attached hydrogen (secondary N) is 1. The number of carbonyl (C=O) groups excluding carboxylic acids is 1. The first-order valence-electron chi connectivity index (χ1n) is 5.90. The van der Waals surface area contributed by atoms with Crippen LogP contribution in [0.15, 0.2) is 18.2 Å². The summed E-state index contributed by atoms with van der Waals surface area (Å²) in [5.74, 6) is -0.183. The minimum atomic E-state index is -0.156. The number of hydrogen-bond acceptors (Lipinski definition) is 4. The standard InChI is InChI=1S/C14H16N4O/c1-10(14(19)17-2)9-18(3)13-5-4-11(7-15)12(6-13)8-16/h4-6,10H,9H2,1-3H3,(H,17,19)/t10-/m0/s1. The van der Waals surface area contributed by atoms with Crippen LogP contribution in [0, 0.1) is 28.6 Å². The fourth-order valence-electron chi connectivity index (χ4n) is 1.81. The van der Waals surface area contributed by atoms with Gasteiger partial charge in [0, 0.05) is 26.3 Å². The lowest BCUT2D eigenvalue weighted by Gasteiger charge is -2.23. The SMILES string of the molecule is CNC(=O)[C@@H](C)CN(C)c1ccc(C#N)c(C#N)c1. The maximum absolute atomic E-state index is 11.5. The van der Waals surface area contributed by atoms with Gasteiger partial charge in [-0.3, -0.25) is 4.79 Å². The lowest BCUT2D eigenvalue weighted by atomic mass is 10.1. The summed E-state index contributed by atoms with van der Waals surface area (Å²) in [6.45, 7) is 2.38. The van der Waals surface area contributed by atoms with Gasteiger partial charge in [-0.2, -0.15) is 10.5 Å². The molecule has 1 atom stereocenters. The maximum atomic E-state index is 11.5. The molecule has 0 saturated heterocycles. The molecule has 1 aromatic carbocycles. The average molecular weight is 256 g/mol. The molecule has 19 heavy (non-hydrogen) atoms. The van der Waals surface area contributed by atoms with E-state index in [1.165, 1.54) is 0 Å². The highest BCUT2D eigenvalue weighted by Gasteiger charge is 2.14. The van der Waals surface area contributed by atoms with Crippen LogP contribution in [0.1, 0.15) is 18.1 Å². The van der Waals surface area contributed by atoms with Crippen molar-refractivity contribution >= 4 is 11.6 Å². The summed E-state index contributed by atoms with van der Waals surface area (Å²) in [5, 5.41) is 20.4. The highest BCUT2D eigenvalue weighted by atomic mass is 16.1. The lowest BCUT2D eigenvalue weighted by Crippen LogP contribution is -2.34. The van der Waals surface area contributed by atoms with Gasteiger partial charge in [0.1, 0.15) is 12.1 Å². The molecule has 1 N–H and O–H groups in total. The number of nitrogens with zero attached hydrogens (tertiary/aromatic N) is 3. The van der Waals surface area contributed by atoms with Crippen molar-refractivity contribution in [2.24, 2.45) is 5.92 Å². The molecule has 0 unspecified atom stereocenters. The van der Waals surface area contributed by atoms with E-state index in [-0.39, 0.29) is 11.8 Å². The summed E-state index contributed by atoms with van der Waals surface area (Å²) in [6, 6.07) is 9.03. The van der Waals surface area contributed by atoms with Crippen molar-refractivity contribution in [1.82, 2.24) is 5.32 Å². The fraction of sp³-hybridized carbons (Fsp3) is 0.357. The predicted octanol–water partition coefficient (Wildman–Crippen LogP) is 1.25. The lowest BCUT2D eigenvalue weighted by molar-refractivity contribution is -0.123. The zero-order chi connectivity index (χ0) is 14.4. The fourth-order valence-corrected chi connectivity index (χ4v) is 1.81. The van der Waals surface area contributed by atoms with Gasteiger partial charge in [-0.15, -0.1) is 0 Å². The van der Waals surface area contributed by atoms with Crippen LogP contribution in [-0.4, -0.2) is 26.5 Å². The molecule has 5 heteroatoms. The quantitative estimate of drug-likeness (QED) is 0.879. The van der Waals surface area contributed by atoms with Crippen LogP contribution in [0.2, 0.25) is 0 Å². The Labute approximate surface area is 113 Å². The molecule has 5 nitrogen and oxygen atoms in total. The Hall–Kier alpha value is -2.53. The summed E-state index contributed by atoms with van der Waals surface area (Å²) < 4.78 is 0. The number of anilines is 1. The van der Waals surface area contributed by atoms with Gasteiger partial charge in [0.15, 0.2) is 0 Å². The first-order valence-corrected chi connectivity index (χ1v) is 5.90. The number of benzene rings is 1. The molecular weight excluding hydrogens is 240 g/mol. The molecule has 1 aromatic rings. The van der Waals surface area contributed by atoms with Crippen molar-refractivity contribution in [3.8, 4) is 12.1 Å². The Morgan fingerprint density at radius 1 is 1.37 bits per heavy atom. The highest BCUT2D eigenvalue weighted by Crippen LogP contribution is 2.18. The van der Waals surface area contributed by atoms with E-state index in [2.05, 4.69) is 5.32 Å². The summed E-state index contributed by atoms with van der Waals surface area (Å²) >= 11 is 0. The first kappa shape index (κ1) is 14.5. The molecule has 0 aromatic heterocycles. The second-order valence-electron chi connectivity index (χ2n) is 4.35. The number of rotatable bonds is 4. The number of nitriles is 2. The van der Waals surface area contributed by atoms with Crippen LogP contribution in [0.25, 0.3) is 0 Å². The predicted molar refractivity (Wildman–Crippen MR) is 72.4 cm³/mol. The van der Waals surface area contributed by atoms with Crippen molar-refractivity contribution in [1.29, 1.82) is 10.5 Å². The summed E-state index contributed by atoms with van der Waals surface area (Å²) in [5.41, 5.74) is 1.52. The summed E-state index contributed by atoms with van der Waals surface area (Å²) in [4.78, 5) is 13.4. The molecule has 98 valence electrons. The Bertz CT molecular complexity index is 554. The summed E-state index contributed by atoms with van der Waals surface area (Å²) in [6.07, 6.45) is 0. The van der Waals surface area contributed by atoms with Gasteiger partial charge in [0.05, 0.1) is 17.0 Å². The monoisotopic (exact) mass is 256 g/mol. The van der Waals surface area contributed by atoms with Crippen LogP contribution < -0.4 is 10.2 Å². The minimum Gasteiger partial charge on any atom is -0.374 e. The molecule has 0 radical (unpaired) electrons. The second kappa shape index (κ2) is 6.42. The third-order valence-electron chi connectivity index (χ3n) is 2.93. The van der Waals surface area contributed by atoms with E-state index in [0.717, 1.165) is 5.69 Å². The largest absolute Gasteiger partial charge is 0.374 e.